The molecule has 0 unspecified atom stereocenters. The van der Waals surface area contributed by atoms with Gasteiger partial charge in [0.2, 0.25) is 0 Å². The number of ketones is 2. The van der Waals surface area contributed by atoms with Crippen molar-refractivity contribution in [2.45, 2.75) is 205 Å². The minimum absolute atomic E-state index is 0.00521. The molecule has 4 nitrogen and oxygen atoms in total. The molecular formula is C74H80N2O2. The quantitative estimate of drug-likeness (QED) is 0.176. The van der Waals surface area contributed by atoms with Crippen LogP contribution in [0.2, 0.25) is 0 Å². The van der Waals surface area contributed by atoms with E-state index in [0.29, 0.717) is 23.4 Å². The van der Waals surface area contributed by atoms with Crippen LogP contribution in [0.4, 0.5) is 0 Å². The highest BCUT2D eigenvalue weighted by molar-refractivity contribution is 6.30. The van der Waals surface area contributed by atoms with Crippen molar-refractivity contribution in [2.24, 2.45) is 58.2 Å². The third-order valence-electron chi connectivity index (χ3n) is 25.0. The van der Waals surface area contributed by atoms with Gasteiger partial charge in [-0.3, -0.25) is 9.59 Å². The number of nitrogens with zero attached hydrogens (tertiary/aromatic N) is 2. The zero-order valence-corrected chi connectivity index (χ0v) is 47.7. The van der Waals surface area contributed by atoms with Crippen molar-refractivity contribution in [3.8, 4) is 0 Å². The Kier molecular flexibility index (Phi) is 8.64. The summed E-state index contributed by atoms with van der Waals surface area (Å²) in [6.45, 7) is 14.4. The molecule has 0 N–H and O–H groups in total. The van der Waals surface area contributed by atoms with Crippen LogP contribution in [0, 0.1) is 58.2 Å². The van der Waals surface area contributed by atoms with E-state index in [1.165, 1.54) is 175 Å². The summed E-state index contributed by atoms with van der Waals surface area (Å²) in [6, 6.07) is 21.6. The molecule has 4 aromatic heterocycles. The Labute approximate surface area is 460 Å². The Bertz CT molecular complexity index is 3850. The lowest BCUT2D eigenvalue weighted by atomic mass is 9.48. The average Bonchev–Trinajstić information content (AvgIpc) is 3.69. The first kappa shape index (κ1) is 45.7. The second kappa shape index (κ2) is 14.7. The number of benzene rings is 5. The molecule has 23 rings (SSSR count). The molecule has 0 amide bonds. The molecule has 0 spiro atoms. The van der Waals surface area contributed by atoms with Gasteiger partial charge in [-0.15, -0.1) is 0 Å². The van der Waals surface area contributed by atoms with Crippen LogP contribution in [-0.2, 0) is 23.7 Å². The zero-order valence-electron chi connectivity index (χ0n) is 47.7. The molecule has 10 saturated carbocycles. The maximum absolute atomic E-state index is 15.3. The number of hydrogen-bond donors (Lipinski definition) is 0. The van der Waals surface area contributed by atoms with E-state index in [-0.39, 0.29) is 33.5 Å². The van der Waals surface area contributed by atoms with Crippen molar-refractivity contribution in [3.05, 3.63) is 93.0 Å². The predicted octanol–water partition coefficient (Wildman–Crippen LogP) is 19.0. The van der Waals surface area contributed by atoms with Crippen LogP contribution in [0.25, 0.3) is 76.2 Å². The lowest BCUT2D eigenvalue weighted by molar-refractivity contribution is -0.00520. The summed E-state index contributed by atoms with van der Waals surface area (Å²) in [5, 5.41) is 11.3. The molecule has 9 aromatic rings. The first-order chi connectivity index (χ1) is 37.5. The van der Waals surface area contributed by atoms with Gasteiger partial charge < -0.3 is 8.80 Å². The first-order valence-corrected chi connectivity index (χ1v) is 32.2. The fraction of sp³-hybridized carbons (Fsp3) is 0.568. The standard InChI is InChI=1S/C74H80N2O2/c1-71(2,3)35-59-63-49(43-7-11-45(12-8-43)69(63)77)25-57-55-23-47(73-29-37-15-38(30-73)17-39(16-37)31-73)21-53-51-28-62-52(27-61(51)75(65(53)55)67(57)59)54-22-48(74-32-40-18-41(33-74)20-42(19-40)34-74)24-56-58-26-50-44-9-13-46(14-10-44)70(78)64(50)60(36-72(4,5)6)68(58)76(62)66(54)56/h21-28,37-46H,7-20,29-36H2,1-6H3. The normalized spacial score (nSPS) is 34.0. The summed E-state index contributed by atoms with van der Waals surface area (Å²) >= 11 is 0. The van der Waals surface area contributed by atoms with Crippen molar-refractivity contribution in [1.82, 2.24) is 8.80 Å². The fourth-order valence-corrected chi connectivity index (χ4v) is 23.0. The Hall–Kier alpha value is -4.96. The van der Waals surface area contributed by atoms with E-state index < -0.39 is 0 Å². The van der Waals surface area contributed by atoms with Crippen LogP contribution >= 0.6 is 0 Å². The lowest BCUT2D eigenvalue weighted by Gasteiger charge is -2.57. The summed E-state index contributed by atoms with van der Waals surface area (Å²) in [5.74, 6) is 7.26. The topological polar surface area (TPSA) is 43.0 Å². The number of aromatic nitrogens is 2. The van der Waals surface area contributed by atoms with Crippen LogP contribution in [0.3, 0.4) is 0 Å². The van der Waals surface area contributed by atoms with E-state index in [2.05, 4.69) is 98.9 Å². The Morgan fingerprint density at radius 2 is 0.679 bits per heavy atom. The molecule has 0 saturated heterocycles. The molecule has 398 valence electrons. The average molecular weight is 1030 g/mol. The summed E-state index contributed by atoms with van der Waals surface area (Å²) in [5.41, 5.74) is 19.4. The molecular weight excluding hydrogens is 949 g/mol. The number of rotatable bonds is 4. The van der Waals surface area contributed by atoms with Crippen LogP contribution in [-0.4, -0.2) is 20.4 Å². The SMILES string of the molecule is CC(C)(C)Cc1c2c(cc3c4cc(C56CC7CC(CC(C7)C5)C6)cc5c6cc7c(cc6n(c13)c54)c1cc(C34CC5CC(CC(C5)C3)C4)cc3c4cc5c(c(CC(C)(C)C)c4n7c13)C(=O)C1CCC5CC1)C1CCC(CC1)C2=O. The third kappa shape index (κ3) is 5.90. The molecule has 5 aromatic carbocycles. The van der Waals surface area contributed by atoms with Gasteiger partial charge >= 0.3 is 0 Å². The summed E-state index contributed by atoms with van der Waals surface area (Å²) in [4.78, 5) is 30.6. The summed E-state index contributed by atoms with van der Waals surface area (Å²) < 4.78 is 5.51. The number of Topliss-reactive ketones (excluding diaryl/α,β-unsaturated/α-hetero) is 2. The molecule has 78 heavy (non-hydrogen) atoms. The number of carbonyl (C=O) groups is 2. The van der Waals surface area contributed by atoms with Gasteiger partial charge in [0.1, 0.15) is 0 Å². The Morgan fingerprint density at radius 1 is 0.385 bits per heavy atom. The highest BCUT2D eigenvalue weighted by Crippen LogP contribution is 2.64. The first-order valence-electron chi connectivity index (χ1n) is 32.2. The minimum atomic E-state index is -0.00521. The molecule has 12 bridgehead atoms. The molecule has 14 aliphatic rings. The van der Waals surface area contributed by atoms with Gasteiger partial charge in [-0.2, -0.15) is 0 Å². The number of hydrogen-bond acceptors (Lipinski definition) is 2. The minimum Gasteiger partial charge on any atom is -0.308 e. The molecule has 0 atom stereocenters. The van der Waals surface area contributed by atoms with Crippen molar-refractivity contribution in [3.63, 3.8) is 0 Å². The van der Waals surface area contributed by atoms with Gasteiger partial charge in [0.25, 0.3) is 0 Å². The highest BCUT2D eigenvalue weighted by Gasteiger charge is 2.54. The summed E-state index contributed by atoms with van der Waals surface area (Å²) in [6.07, 6.45) is 27.2. The second-order valence-electron chi connectivity index (χ2n) is 32.5. The van der Waals surface area contributed by atoms with Crippen LogP contribution in [0.15, 0.2) is 48.5 Å². The van der Waals surface area contributed by atoms with E-state index in [4.69, 9.17) is 0 Å². The van der Waals surface area contributed by atoms with Gasteiger partial charge in [0.05, 0.1) is 33.1 Å². The van der Waals surface area contributed by atoms with Crippen LogP contribution in [0.5, 0.6) is 0 Å². The van der Waals surface area contributed by atoms with E-state index in [1.54, 1.807) is 11.1 Å². The molecule has 14 aliphatic carbocycles. The summed E-state index contributed by atoms with van der Waals surface area (Å²) in [7, 11) is 0. The van der Waals surface area contributed by atoms with E-state index in [0.717, 1.165) is 111 Å². The monoisotopic (exact) mass is 1030 g/mol. The molecule has 10 fully saturated rings. The number of fused-ring (bicyclic) bond motifs is 16. The lowest BCUT2D eigenvalue weighted by Crippen LogP contribution is -2.48. The van der Waals surface area contributed by atoms with Gasteiger partial charge in [-0.1, -0.05) is 41.5 Å². The molecule has 4 heterocycles. The fourth-order valence-electron chi connectivity index (χ4n) is 23.0. The van der Waals surface area contributed by atoms with Crippen LogP contribution < -0.4 is 0 Å². The maximum Gasteiger partial charge on any atom is 0.166 e. The third-order valence-corrected chi connectivity index (χ3v) is 25.0. The van der Waals surface area contributed by atoms with E-state index in [1.807, 2.05) is 0 Å². The Balaban J connectivity index is 0.987. The van der Waals surface area contributed by atoms with Crippen molar-refractivity contribution < 1.29 is 9.59 Å². The zero-order chi connectivity index (χ0) is 52.0. The van der Waals surface area contributed by atoms with Gasteiger partial charge in [-0.05, 0) is 292 Å². The number of carbonyl (C=O) groups excluding carboxylic acids is 2. The van der Waals surface area contributed by atoms with Gasteiger partial charge in [-0.25, -0.2) is 0 Å². The van der Waals surface area contributed by atoms with E-state index >= 15 is 9.59 Å². The van der Waals surface area contributed by atoms with Crippen molar-refractivity contribution in [2.75, 3.05) is 0 Å². The second-order valence-corrected chi connectivity index (χ2v) is 32.5. The van der Waals surface area contributed by atoms with Crippen molar-refractivity contribution in [1.29, 1.82) is 0 Å². The van der Waals surface area contributed by atoms with Crippen molar-refractivity contribution >= 4 is 87.8 Å². The van der Waals surface area contributed by atoms with Gasteiger partial charge in [0, 0.05) is 66.1 Å². The van der Waals surface area contributed by atoms with Crippen LogP contribution in [0.1, 0.15) is 236 Å². The highest BCUT2D eigenvalue weighted by atomic mass is 16.1. The van der Waals surface area contributed by atoms with E-state index in [9.17, 15) is 0 Å². The van der Waals surface area contributed by atoms with Gasteiger partial charge in [0.15, 0.2) is 11.6 Å². The molecule has 4 heteroatoms. The Morgan fingerprint density at radius 3 is 1.00 bits per heavy atom. The maximum atomic E-state index is 15.3. The molecule has 0 radical (unpaired) electrons. The smallest absolute Gasteiger partial charge is 0.166 e. The predicted molar refractivity (Wildman–Crippen MR) is 320 cm³/mol. The molecule has 0 aliphatic heterocycles. The largest absolute Gasteiger partial charge is 0.308 e.